The molecule has 2 heterocycles. The number of carbonyl (C=O) groups is 1. The van der Waals surface area contributed by atoms with Gasteiger partial charge < -0.3 is 9.47 Å². The van der Waals surface area contributed by atoms with Crippen molar-refractivity contribution in [3.05, 3.63) is 47.5 Å². The van der Waals surface area contributed by atoms with Crippen LogP contribution in [0.3, 0.4) is 0 Å². The second-order valence-corrected chi connectivity index (χ2v) is 7.05. The first-order chi connectivity index (χ1) is 13.7. The van der Waals surface area contributed by atoms with Gasteiger partial charge in [-0.15, -0.1) is 0 Å². The molecular formula is C21H23N3O4. The highest BCUT2D eigenvalue weighted by atomic mass is 16.6. The summed E-state index contributed by atoms with van der Waals surface area (Å²) < 4.78 is 15.5. The van der Waals surface area contributed by atoms with Gasteiger partial charge in [0.2, 0.25) is 0 Å². The van der Waals surface area contributed by atoms with Crippen LogP contribution in [0.1, 0.15) is 28.8 Å². The number of nitrogens with zero attached hydrogens (tertiary/aromatic N) is 3. The van der Waals surface area contributed by atoms with E-state index in [9.17, 15) is 4.79 Å². The molecule has 0 saturated carbocycles. The van der Waals surface area contributed by atoms with E-state index in [1.54, 1.807) is 32.4 Å². The number of likely N-dealkylation sites (tertiary alicyclic amines) is 1. The zero-order chi connectivity index (χ0) is 19.5. The Hall–Kier alpha value is -2.93. The Morgan fingerprint density at radius 1 is 1.21 bits per heavy atom. The molecule has 0 spiro atoms. The largest absolute Gasteiger partial charge is 0.497 e. The Morgan fingerprint density at radius 3 is 2.93 bits per heavy atom. The van der Waals surface area contributed by atoms with Gasteiger partial charge >= 0.3 is 0 Å². The summed E-state index contributed by atoms with van der Waals surface area (Å²) in [6.45, 7) is 2.37. The van der Waals surface area contributed by atoms with Crippen molar-refractivity contribution >= 4 is 16.8 Å². The molecule has 1 atom stereocenters. The van der Waals surface area contributed by atoms with Crippen LogP contribution in [0.25, 0.3) is 11.0 Å². The number of carbonyl (C=O) groups excluding carboxylic acids is 1. The predicted octanol–water partition coefficient (Wildman–Crippen LogP) is 3.33. The van der Waals surface area contributed by atoms with Crippen molar-refractivity contribution in [2.75, 3.05) is 27.3 Å². The number of hydrogen-bond donors (Lipinski definition) is 0. The lowest BCUT2D eigenvalue weighted by Crippen LogP contribution is -2.38. The number of rotatable bonds is 6. The van der Waals surface area contributed by atoms with Crippen LogP contribution in [0.2, 0.25) is 0 Å². The molecule has 4 rings (SSSR count). The van der Waals surface area contributed by atoms with Gasteiger partial charge in [0.25, 0.3) is 0 Å². The second-order valence-electron chi connectivity index (χ2n) is 7.05. The molecule has 0 aliphatic carbocycles. The Balaban J connectivity index is 1.51. The van der Waals surface area contributed by atoms with Gasteiger partial charge in [-0.05, 0) is 53.5 Å². The van der Waals surface area contributed by atoms with Gasteiger partial charge in [0, 0.05) is 25.1 Å². The third-order valence-corrected chi connectivity index (χ3v) is 5.31. The van der Waals surface area contributed by atoms with Crippen LogP contribution < -0.4 is 9.47 Å². The first-order valence-electron chi connectivity index (χ1n) is 9.38. The molecule has 0 N–H and O–H groups in total. The molecule has 0 amide bonds. The third kappa shape index (κ3) is 3.57. The first kappa shape index (κ1) is 18.4. The fraction of sp³-hybridized carbons (Fsp3) is 0.381. The minimum atomic E-state index is -0.0642. The highest BCUT2D eigenvalue weighted by Crippen LogP contribution is 2.30. The minimum absolute atomic E-state index is 0.0642. The maximum Gasteiger partial charge on any atom is 0.170 e. The molecule has 7 heteroatoms. The van der Waals surface area contributed by atoms with Gasteiger partial charge in [0.1, 0.15) is 22.5 Å². The van der Waals surface area contributed by atoms with E-state index in [4.69, 9.17) is 14.1 Å². The number of fused-ring (bicyclic) bond motifs is 1. The summed E-state index contributed by atoms with van der Waals surface area (Å²) in [4.78, 5) is 15.5. The summed E-state index contributed by atoms with van der Waals surface area (Å²) in [6, 6.07) is 11.2. The van der Waals surface area contributed by atoms with Crippen molar-refractivity contribution in [1.82, 2.24) is 15.2 Å². The minimum Gasteiger partial charge on any atom is -0.497 e. The lowest BCUT2D eigenvalue weighted by Gasteiger charge is -2.32. The summed E-state index contributed by atoms with van der Waals surface area (Å²) in [5.41, 5.74) is 3.21. The molecule has 28 heavy (non-hydrogen) atoms. The van der Waals surface area contributed by atoms with Gasteiger partial charge in [0.05, 0.1) is 19.8 Å². The number of piperidine rings is 1. The van der Waals surface area contributed by atoms with E-state index in [2.05, 4.69) is 15.2 Å². The van der Waals surface area contributed by atoms with Gasteiger partial charge in [-0.1, -0.05) is 12.1 Å². The maximum atomic E-state index is 13.2. The normalized spacial score (nSPS) is 17.6. The molecule has 0 bridgehead atoms. The SMILES string of the molecule is COc1ccc(C(=O)[C@H]2CCCN(Cc3cccc4nonc34)C2)c(OC)c1. The fourth-order valence-electron chi connectivity index (χ4n) is 3.87. The van der Waals surface area contributed by atoms with Crippen molar-refractivity contribution < 1.29 is 18.9 Å². The van der Waals surface area contributed by atoms with Gasteiger partial charge in [-0.2, -0.15) is 0 Å². The number of Topliss-reactive ketones (excluding diaryl/α,β-unsaturated/α-hetero) is 1. The number of methoxy groups -OCH3 is 2. The highest BCUT2D eigenvalue weighted by Gasteiger charge is 2.29. The third-order valence-electron chi connectivity index (χ3n) is 5.31. The average molecular weight is 381 g/mol. The molecule has 1 aliphatic heterocycles. The van der Waals surface area contributed by atoms with Crippen LogP contribution in [0.15, 0.2) is 41.0 Å². The number of benzene rings is 2. The van der Waals surface area contributed by atoms with E-state index < -0.39 is 0 Å². The van der Waals surface area contributed by atoms with E-state index in [1.165, 1.54) is 0 Å². The highest BCUT2D eigenvalue weighted by molar-refractivity contribution is 6.00. The topological polar surface area (TPSA) is 77.7 Å². The average Bonchev–Trinajstić information content (AvgIpc) is 3.23. The molecule has 2 aromatic carbocycles. The zero-order valence-corrected chi connectivity index (χ0v) is 16.1. The monoisotopic (exact) mass is 381 g/mol. The number of ether oxygens (including phenoxy) is 2. The van der Waals surface area contributed by atoms with Crippen LogP contribution in [-0.4, -0.2) is 48.3 Å². The van der Waals surface area contributed by atoms with Crippen LogP contribution in [-0.2, 0) is 6.54 Å². The van der Waals surface area contributed by atoms with Crippen LogP contribution in [0.4, 0.5) is 0 Å². The van der Waals surface area contributed by atoms with Crippen LogP contribution in [0.5, 0.6) is 11.5 Å². The van der Waals surface area contributed by atoms with E-state index in [1.807, 2.05) is 18.2 Å². The van der Waals surface area contributed by atoms with Gasteiger partial charge in [0.15, 0.2) is 5.78 Å². The number of aromatic nitrogens is 2. The van der Waals surface area contributed by atoms with E-state index in [0.29, 0.717) is 23.6 Å². The molecule has 0 radical (unpaired) electrons. The van der Waals surface area contributed by atoms with E-state index in [-0.39, 0.29) is 11.7 Å². The van der Waals surface area contributed by atoms with Crippen molar-refractivity contribution in [2.24, 2.45) is 5.92 Å². The second kappa shape index (κ2) is 7.98. The quantitative estimate of drug-likeness (QED) is 0.606. The smallest absolute Gasteiger partial charge is 0.170 e. The zero-order valence-electron chi connectivity index (χ0n) is 16.1. The molecule has 1 fully saturated rings. The van der Waals surface area contributed by atoms with Gasteiger partial charge in [-0.25, -0.2) is 4.63 Å². The number of hydrogen-bond acceptors (Lipinski definition) is 7. The Kier molecular flexibility index (Phi) is 5.25. The Labute approximate surface area is 163 Å². The molecule has 1 saturated heterocycles. The van der Waals surface area contributed by atoms with E-state index in [0.717, 1.165) is 42.5 Å². The summed E-state index contributed by atoms with van der Waals surface area (Å²) in [6.07, 6.45) is 1.85. The lowest BCUT2D eigenvalue weighted by molar-refractivity contribution is 0.0809. The summed E-state index contributed by atoms with van der Waals surface area (Å²) in [7, 11) is 3.17. The molecule has 1 aliphatic rings. The van der Waals surface area contributed by atoms with E-state index >= 15 is 0 Å². The summed E-state index contributed by atoms with van der Waals surface area (Å²) in [5, 5.41) is 7.92. The maximum absolute atomic E-state index is 13.2. The molecular weight excluding hydrogens is 358 g/mol. The van der Waals surface area contributed by atoms with Crippen LogP contribution >= 0.6 is 0 Å². The number of ketones is 1. The lowest BCUT2D eigenvalue weighted by atomic mass is 9.89. The molecule has 3 aromatic rings. The van der Waals surface area contributed by atoms with Crippen molar-refractivity contribution in [3.63, 3.8) is 0 Å². The summed E-state index contributed by atoms with van der Waals surface area (Å²) in [5.74, 6) is 1.28. The first-order valence-corrected chi connectivity index (χ1v) is 9.38. The molecule has 7 nitrogen and oxygen atoms in total. The standard InChI is InChI=1S/C21H23N3O4/c1-26-16-8-9-17(19(11-16)27-2)21(25)15-6-4-10-24(13-15)12-14-5-3-7-18-20(14)23-28-22-18/h3,5,7-9,11,15H,4,6,10,12-13H2,1-2H3/t15-/m0/s1. The summed E-state index contributed by atoms with van der Waals surface area (Å²) >= 11 is 0. The van der Waals surface area contributed by atoms with Gasteiger partial charge in [-0.3, -0.25) is 9.69 Å². The molecule has 146 valence electrons. The van der Waals surface area contributed by atoms with Crippen LogP contribution in [0, 0.1) is 5.92 Å². The molecule has 0 unspecified atom stereocenters. The van der Waals surface area contributed by atoms with Crippen molar-refractivity contribution in [1.29, 1.82) is 0 Å². The predicted molar refractivity (Wildman–Crippen MR) is 104 cm³/mol. The van der Waals surface area contributed by atoms with Crippen molar-refractivity contribution in [3.8, 4) is 11.5 Å². The Morgan fingerprint density at radius 2 is 2.11 bits per heavy atom. The molecule has 1 aromatic heterocycles. The Bertz CT molecular complexity index is 985. The van der Waals surface area contributed by atoms with Crippen molar-refractivity contribution in [2.45, 2.75) is 19.4 Å². The fourth-order valence-corrected chi connectivity index (χ4v) is 3.87.